The van der Waals surface area contributed by atoms with Gasteiger partial charge in [-0.3, -0.25) is 14.5 Å². The third-order valence-corrected chi connectivity index (χ3v) is 6.00. The molecule has 36 heavy (non-hydrogen) atoms. The number of aromatic nitrogens is 1. The van der Waals surface area contributed by atoms with E-state index in [1.165, 1.54) is 17.0 Å². The number of pyridine rings is 1. The van der Waals surface area contributed by atoms with Gasteiger partial charge in [-0.05, 0) is 68.3 Å². The summed E-state index contributed by atoms with van der Waals surface area (Å²) < 4.78 is 31.6. The highest BCUT2D eigenvalue weighted by Gasteiger charge is 2.44. The van der Waals surface area contributed by atoms with E-state index in [0.717, 1.165) is 12.5 Å². The van der Waals surface area contributed by atoms with E-state index in [0.29, 0.717) is 41.8 Å². The molecular formula is C28H25FN2O5. The number of benzene rings is 2. The third kappa shape index (κ3) is 3.98. The topological polar surface area (TPSA) is 81.9 Å². The zero-order chi connectivity index (χ0) is 25.4. The van der Waals surface area contributed by atoms with Gasteiger partial charge in [-0.15, -0.1) is 0 Å². The minimum Gasteiger partial charge on any atom is -0.490 e. The highest BCUT2D eigenvalue weighted by atomic mass is 19.1. The van der Waals surface area contributed by atoms with Crippen LogP contribution >= 0.6 is 0 Å². The number of ether oxygens (including phenoxy) is 2. The van der Waals surface area contributed by atoms with Gasteiger partial charge < -0.3 is 13.9 Å². The van der Waals surface area contributed by atoms with Crippen LogP contribution in [0.2, 0.25) is 0 Å². The predicted octanol–water partition coefficient (Wildman–Crippen LogP) is 5.57. The molecule has 1 atom stereocenters. The Balaban J connectivity index is 1.76. The van der Waals surface area contributed by atoms with Crippen molar-refractivity contribution in [2.45, 2.75) is 33.2 Å². The van der Waals surface area contributed by atoms with Gasteiger partial charge in [0.25, 0.3) is 5.91 Å². The molecule has 4 aromatic rings. The molecule has 0 radical (unpaired) electrons. The summed E-state index contributed by atoms with van der Waals surface area (Å²) in [6.07, 6.45) is 0.829. The molecule has 0 fully saturated rings. The molecule has 184 valence electrons. The molecule has 0 saturated heterocycles. The molecule has 8 heteroatoms. The van der Waals surface area contributed by atoms with Crippen molar-refractivity contribution in [3.63, 3.8) is 0 Å². The van der Waals surface area contributed by atoms with Crippen LogP contribution in [0.5, 0.6) is 11.5 Å². The summed E-state index contributed by atoms with van der Waals surface area (Å²) in [6.45, 7) is 6.61. The first kappa shape index (κ1) is 23.5. The number of hydrogen-bond acceptors (Lipinski definition) is 6. The summed E-state index contributed by atoms with van der Waals surface area (Å²) in [5.74, 6) is 0.286. The highest BCUT2D eigenvalue weighted by Crippen LogP contribution is 2.43. The molecule has 1 aliphatic rings. The van der Waals surface area contributed by atoms with E-state index >= 15 is 0 Å². The molecule has 1 amide bonds. The molecule has 3 heterocycles. The molecule has 0 N–H and O–H groups in total. The highest BCUT2D eigenvalue weighted by molar-refractivity contribution is 6.10. The molecule has 2 aromatic carbocycles. The molecular weight excluding hydrogens is 463 g/mol. The second kappa shape index (κ2) is 9.45. The Morgan fingerprint density at radius 3 is 2.61 bits per heavy atom. The first-order valence-corrected chi connectivity index (χ1v) is 11.9. The summed E-state index contributed by atoms with van der Waals surface area (Å²) in [4.78, 5) is 33.4. The second-order valence-corrected chi connectivity index (χ2v) is 8.52. The van der Waals surface area contributed by atoms with Gasteiger partial charge in [0.2, 0.25) is 5.76 Å². The van der Waals surface area contributed by atoms with Crippen molar-refractivity contribution in [2.24, 2.45) is 0 Å². The maximum atomic E-state index is 14.0. The Kier molecular flexibility index (Phi) is 6.18. The van der Waals surface area contributed by atoms with Crippen LogP contribution in [-0.4, -0.2) is 24.1 Å². The molecule has 0 bridgehead atoms. The molecule has 1 unspecified atom stereocenters. The summed E-state index contributed by atoms with van der Waals surface area (Å²) >= 11 is 0. The number of halogens is 1. The Labute approximate surface area is 207 Å². The number of rotatable bonds is 7. The van der Waals surface area contributed by atoms with Gasteiger partial charge in [-0.25, -0.2) is 9.37 Å². The minimum absolute atomic E-state index is 0.0681. The van der Waals surface area contributed by atoms with E-state index in [1.807, 2.05) is 26.8 Å². The molecule has 5 rings (SSSR count). The molecule has 0 aliphatic carbocycles. The fourth-order valence-electron chi connectivity index (χ4n) is 4.45. The zero-order valence-corrected chi connectivity index (χ0v) is 20.2. The Morgan fingerprint density at radius 2 is 1.86 bits per heavy atom. The van der Waals surface area contributed by atoms with Crippen molar-refractivity contribution < 1.29 is 23.1 Å². The van der Waals surface area contributed by atoms with Crippen molar-refractivity contribution in [1.29, 1.82) is 0 Å². The minimum atomic E-state index is -0.856. The first-order chi connectivity index (χ1) is 17.4. The maximum absolute atomic E-state index is 14.0. The van der Waals surface area contributed by atoms with Crippen LogP contribution in [0.25, 0.3) is 11.0 Å². The van der Waals surface area contributed by atoms with Gasteiger partial charge in [-0.2, -0.15) is 0 Å². The van der Waals surface area contributed by atoms with Crippen LogP contribution < -0.4 is 19.8 Å². The molecule has 0 spiro atoms. The standard InChI is InChI=1S/C28H25FN2O5/c1-4-13-35-21-11-9-17(14-22(21)34-5-2)25-24-26(32)19-15-18(29)10-12-20(19)36-27(24)28(33)31(25)23-8-6-7-16(3)30-23/h6-12,14-15,25H,4-5,13H2,1-3H3. The van der Waals surface area contributed by atoms with Crippen molar-refractivity contribution >= 4 is 22.7 Å². The molecule has 0 saturated carbocycles. The van der Waals surface area contributed by atoms with E-state index in [-0.39, 0.29) is 22.3 Å². The lowest BCUT2D eigenvalue weighted by atomic mass is 9.98. The van der Waals surface area contributed by atoms with E-state index in [4.69, 9.17) is 13.9 Å². The van der Waals surface area contributed by atoms with Crippen LogP contribution in [0.4, 0.5) is 10.2 Å². The Hall–Kier alpha value is -4.20. The summed E-state index contributed by atoms with van der Waals surface area (Å²) in [5.41, 5.74) is 1.12. The second-order valence-electron chi connectivity index (χ2n) is 8.52. The van der Waals surface area contributed by atoms with Crippen molar-refractivity contribution in [3.8, 4) is 11.5 Å². The lowest BCUT2D eigenvalue weighted by Crippen LogP contribution is -2.30. The fourth-order valence-corrected chi connectivity index (χ4v) is 4.45. The lowest BCUT2D eigenvalue weighted by molar-refractivity contribution is 0.0970. The smallest absolute Gasteiger partial charge is 0.296 e. The number of anilines is 1. The number of carbonyl (C=O) groups excluding carboxylic acids is 1. The largest absolute Gasteiger partial charge is 0.490 e. The van der Waals surface area contributed by atoms with E-state index in [9.17, 15) is 14.0 Å². The number of fused-ring (bicyclic) bond motifs is 2. The summed E-state index contributed by atoms with van der Waals surface area (Å²) in [6, 6.07) is 13.5. The van der Waals surface area contributed by atoms with Crippen molar-refractivity contribution in [2.75, 3.05) is 18.1 Å². The number of nitrogens with zero attached hydrogens (tertiary/aromatic N) is 2. The zero-order valence-electron chi connectivity index (χ0n) is 20.2. The monoisotopic (exact) mass is 488 g/mol. The average Bonchev–Trinajstić information content (AvgIpc) is 3.16. The summed E-state index contributed by atoms with van der Waals surface area (Å²) in [5, 5.41) is 0.0681. The van der Waals surface area contributed by atoms with Gasteiger partial charge >= 0.3 is 0 Å². The fraction of sp³-hybridized carbons (Fsp3) is 0.250. The quantitative estimate of drug-likeness (QED) is 0.338. The number of amides is 1. The lowest BCUT2D eigenvalue weighted by Gasteiger charge is -2.25. The van der Waals surface area contributed by atoms with Crippen LogP contribution in [0.1, 0.15) is 53.7 Å². The summed E-state index contributed by atoms with van der Waals surface area (Å²) in [7, 11) is 0. The maximum Gasteiger partial charge on any atom is 0.296 e. The Morgan fingerprint density at radius 1 is 1.03 bits per heavy atom. The molecule has 1 aliphatic heterocycles. The third-order valence-electron chi connectivity index (χ3n) is 6.00. The van der Waals surface area contributed by atoms with Crippen LogP contribution in [-0.2, 0) is 0 Å². The van der Waals surface area contributed by atoms with E-state index < -0.39 is 23.2 Å². The van der Waals surface area contributed by atoms with Gasteiger partial charge in [0.1, 0.15) is 17.2 Å². The average molecular weight is 489 g/mol. The van der Waals surface area contributed by atoms with Gasteiger partial charge in [0.15, 0.2) is 16.9 Å². The van der Waals surface area contributed by atoms with Gasteiger partial charge in [0.05, 0.1) is 30.2 Å². The van der Waals surface area contributed by atoms with Crippen LogP contribution in [0, 0.1) is 12.7 Å². The first-order valence-electron chi connectivity index (χ1n) is 11.9. The number of hydrogen-bond donors (Lipinski definition) is 0. The predicted molar refractivity (Wildman–Crippen MR) is 133 cm³/mol. The van der Waals surface area contributed by atoms with Crippen LogP contribution in [0.3, 0.4) is 0 Å². The van der Waals surface area contributed by atoms with Crippen molar-refractivity contribution in [3.05, 3.63) is 93.2 Å². The SMILES string of the molecule is CCCOc1ccc(C2c3c(oc4ccc(F)cc4c3=O)C(=O)N2c2cccc(C)n2)cc1OCC. The van der Waals surface area contributed by atoms with E-state index in [2.05, 4.69) is 4.98 Å². The molecule has 7 nitrogen and oxygen atoms in total. The van der Waals surface area contributed by atoms with Gasteiger partial charge in [0, 0.05) is 5.69 Å². The van der Waals surface area contributed by atoms with Crippen molar-refractivity contribution in [1.82, 2.24) is 4.98 Å². The number of carbonyl (C=O) groups is 1. The molecule has 2 aromatic heterocycles. The van der Waals surface area contributed by atoms with Crippen LogP contribution in [0.15, 0.2) is 63.8 Å². The van der Waals surface area contributed by atoms with Gasteiger partial charge in [-0.1, -0.05) is 19.1 Å². The Bertz CT molecular complexity index is 1530. The van der Waals surface area contributed by atoms with E-state index in [1.54, 1.807) is 30.3 Å². The normalized spacial score (nSPS) is 14.8. The number of aryl methyl sites for hydroxylation is 1.